The maximum Gasteiger partial charge on any atom is 0.315 e. The number of urea groups is 1. The molecule has 22 heavy (non-hydrogen) atoms. The molecule has 2 heterocycles. The number of amides is 2. The van der Waals surface area contributed by atoms with Crippen LogP contribution in [0.25, 0.3) is 0 Å². The van der Waals surface area contributed by atoms with E-state index >= 15 is 0 Å². The third-order valence-electron chi connectivity index (χ3n) is 3.10. The quantitative estimate of drug-likeness (QED) is 0.878. The van der Waals surface area contributed by atoms with Crippen molar-refractivity contribution in [3.8, 4) is 0 Å². The molecule has 0 saturated carbocycles. The van der Waals surface area contributed by atoms with Gasteiger partial charge in [-0.1, -0.05) is 17.7 Å². The molecule has 0 saturated heterocycles. The Bertz CT molecular complexity index is 644. The summed E-state index contributed by atoms with van der Waals surface area (Å²) in [5.74, 6) is 0.848. The SMILES string of the molecule is C[C@@H](NC(=O)NCc1cccnc1N(C)C)c1ccc(Cl)s1. The van der Waals surface area contributed by atoms with E-state index in [1.165, 1.54) is 11.3 Å². The molecule has 0 unspecified atom stereocenters. The van der Waals surface area contributed by atoms with Crippen LogP contribution in [0.1, 0.15) is 23.4 Å². The van der Waals surface area contributed by atoms with Gasteiger partial charge in [-0.3, -0.25) is 0 Å². The van der Waals surface area contributed by atoms with Gasteiger partial charge in [-0.2, -0.15) is 0 Å². The molecule has 7 heteroatoms. The number of anilines is 1. The van der Waals surface area contributed by atoms with Crippen molar-refractivity contribution in [3.63, 3.8) is 0 Å². The molecule has 0 spiro atoms. The van der Waals surface area contributed by atoms with Gasteiger partial charge < -0.3 is 15.5 Å². The van der Waals surface area contributed by atoms with Crippen molar-refractivity contribution in [2.75, 3.05) is 19.0 Å². The minimum absolute atomic E-state index is 0.0836. The number of nitrogens with one attached hydrogen (secondary N) is 2. The number of aromatic nitrogens is 1. The smallest absolute Gasteiger partial charge is 0.315 e. The van der Waals surface area contributed by atoms with Crippen molar-refractivity contribution in [3.05, 3.63) is 45.2 Å². The molecule has 1 atom stereocenters. The fourth-order valence-electron chi connectivity index (χ4n) is 2.03. The Morgan fingerprint density at radius 3 is 2.82 bits per heavy atom. The summed E-state index contributed by atoms with van der Waals surface area (Å²) in [4.78, 5) is 19.3. The molecular weight excluding hydrogens is 320 g/mol. The van der Waals surface area contributed by atoms with E-state index in [2.05, 4.69) is 15.6 Å². The summed E-state index contributed by atoms with van der Waals surface area (Å²) < 4.78 is 0.718. The highest BCUT2D eigenvalue weighted by molar-refractivity contribution is 7.16. The molecule has 2 aromatic rings. The van der Waals surface area contributed by atoms with E-state index in [9.17, 15) is 4.79 Å². The Hall–Kier alpha value is -1.79. The molecule has 0 aliphatic carbocycles. The number of carbonyl (C=O) groups excluding carboxylic acids is 1. The molecule has 0 radical (unpaired) electrons. The van der Waals surface area contributed by atoms with Gasteiger partial charge in [0, 0.05) is 37.3 Å². The lowest BCUT2D eigenvalue weighted by molar-refractivity contribution is 0.237. The maximum absolute atomic E-state index is 12.0. The Morgan fingerprint density at radius 1 is 1.41 bits per heavy atom. The lowest BCUT2D eigenvalue weighted by Crippen LogP contribution is -2.36. The van der Waals surface area contributed by atoms with E-state index in [1.807, 2.05) is 50.2 Å². The van der Waals surface area contributed by atoms with Crippen LogP contribution in [-0.2, 0) is 6.54 Å². The van der Waals surface area contributed by atoms with E-state index in [1.54, 1.807) is 6.20 Å². The standard InChI is InChI=1S/C15H19ClN4OS/c1-10(12-6-7-13(16)22-12)19-15(21)18-9-11-5-4-8-17-14(11)20(2)3/h4-8,10H,9H2,1-3H3,(H2,18,19,21)/t10-/m1/s1. The number of thiophene rings is 1. The molecule has 0 aliphatic rings. The van der Waals surface area contributed by atoms with E-state index in [4.69, 9.17) is 11.6 Å². The second kappa shape index (κ2) is 7.47. The fourth-order valence-corrected chi connectivity index (χ4v) is 3.09. The summed E-state index contributed by atoms with van der Waals surface area (Å²) in [5, 5.41) is 5.75. The zero-order valence-corrected chi connectivity index (χ0v) is 14.3. The van der Waals surface area contributed by atoms with E-state index in [0.717, 1.165) is 20.6 Å². The van der Waals surface area contributed by atoms with Crippen LogP contribution >= 0.6 is 22.9 Å². The second-order valence-electron chi connectivity index (χ2n) is 5.07. The van der Waals surface area contributed by atoms with Gasteiger partial charge in [0.15, 0.2) is 0 Å². The van der Waals surface area contributed by atoms with Crippen molar-refractivity contribution in [1.29, 1.82) is 0 Å². The van der Waals surface area contributed by atoms with Gasteiger partial charge >= 0.3 is 6.03 Å². The van der Waals surface area contributed by atoms with Crippen molar-refractivity contribution < 1.29 is 4.79 Å². The lowest BCUT2D eigenvalue weighted by atomic mass is 10.2. The minimum atomic E-state index is -0.217. The Morgan fingerprint density at radius 2 is 2.18 bits per heavy atom. The van der Waals surface area contributed by atoms with Gasteiger partial charge in [-0.25, -0.2) is 9.78 Å². The largest absolute Gasteiger partial charge is 0.362 e. The minimum Gasteiger partial charge on any atom is -0.362 e. The molecule has 0 aliphatic heterocycles. The molecule has 2 aromatic heterocycles. The molecule has 0 fully saturated rings. The highest BCUT2D eigenvalue weighted by Crippen LogP contribution is 2.26. The Balaban J connectivity index is 1.90. The predicted octanol–water partition coefficient (Wildman–Crippen LogP) is 3.42. The van der Waals surface area contributed by atoms with Crippen molar-refractivity contribution in [1.82, 2.24) is 15.6 Å². The highest BCUT2D eigenvalue weighted by Gasteiger charge is 2.12. The predicted molar refractivity (Wildman–Crippen MR) is 91.7 cm³/mol. The van der Waals surface area contributed by atoms with Crippen molar-refractivity contribution >= 4 is 34.8 Å². The zero-order chi connectivity index (χ0) is 16.1. The summed E-state index contributed by atoms with van der Waals surface area (Å²) in [7, 11) is 3.85. The first-order chi connectivity index (χ1) is 10.5. The number of nitrogens with zero attached hydrogens (tertiary/aromatic N) is 2. The number of hydrogen-bond acceptors (Lipinski definition) is 4. The average molecular weight is 339 g/mol. The van der Waals surface area contributed by atoms with Crippen molar-refractivity contribution in [2.24, 2.45) is 0 Å². The van der Waals surface area contributed by atoms with Gasteiger partial charge in [0.1, 0.15) is 5.82 Å². The monoisotopic (exact) mass is 338 g/mol. The number of halogens is 1. The van der Waals surface area contributed by atoms with Gasteiger partial charge in [0.2, 0.25) is 0 Å². The van der Waals surface area contributed by atoms with E-state index < -0.39 is 0 Å². The third-order valence-corrected chi connectivity index (χ3v) is 4.51. The van der Waals surface area contributed by atoms with Gasteiger partial charge in [-0.15, -0.1) is 11.3 Å². The topological polar surface area (TPSA) is 57.3 Å². The van der Waals surface area contributed by atoms with Crippen LogP contribution in [0, 0.1) is 0 Å². The molecule has 5 nitrogen and oxygen atoms in total. The van der Waals surface area contributed by atoms with Crippen LogP contribution in [0.3, 0.4) is 0 Å². The van der Waals surface area contributed by atoms with Crippen LogP contribution in [0.5, 0.6) is 0 Å². The van der Waals surface area contributed by atoms with Gasteiger partial charge in [0.25, 0.3) is 0 Å². The zero-order valence-electron chi connectivity index (χ0n) is 12.8. The van der Waals surface area contributed by atoms with Crippen LogP contribution < -0.4 is 15.5 Å². The second-order valence-corrected chi connectivity index (χ2v) is 6.82. The molecule has 118 valence electrons. The summed E-state index contributed by atoms with van der Waals surface area (Å²) >= 11 is 7.37. The van der Waals surface area contributed by atoms with Gasteiger partial charge in [0.05, 0.1) is 10.4 Å². The summed E-state index contributed by atoms with van der Waals surface area (Å²) in [6.45, 7) is 2.35. The molecule has 2 rings (SSSR count). The first-order valence-electron chi connectivity index (χ1n) is 6.88. The summed E-state index contributed by atoms with van der Waals surface area (Å²) in [6, 6.07) is 7.26. The van der Waals surface area contributed by atoms with Crippen LogP contribution in [0.15, 0.2) is 30.5 Å². The third kappa shape index (κ3) is 4.35. The summed E-state index contributed by atoms with van der Waals surface area (Å²) in [5.41, 5.74) is 0.967. The number of rotatable bonds is 5. The van der Waals surface area contributed by atoms with Crippen molar-refractivity contribution in [2.45, 2.75) is 19.5 Å². The van der Waals surface area contributed by atoms with Crippen LogP contribution in [0.4, 0.5) is 10.6 Å². The molecular formula is C15H19ClN4OS. The normalized spacial score (nSPS) is 11.8. The molecule has 0 bridgehead atoms. The number of hydrogen-bond donors (Lipinski definition) is 2. The summed E-state index contributed by atoms with van der Waals surface area (Å²) in [6.07, 6.45) is 1.74. The molecule has 2 amide bonds. The molecule has 2 N–H and O–H groups in total. The van der Waals surface area contributed by atoms with E-state index in [-0.39, 0.29) is 12.1 Å². The first kappa shape index (κ1) is 16.6. The Labute approximate surface area is 139 Å². The highest BCUT2D eigenvalue weighted by atomic mass is 35.5. The van der Waals surface area contributed by atoms with E-state index in [0.29, 0.717) is 6.54 Å². The first-order valence-corrected chi connectivity index (χ1v) is 8.07. The van der Waals surface area contributed by atoms with Crippen LogP contribution in [0.2, 0.25) is 4.34 Å². The number of pyridine rings is 1. The van der Waals surface area contributed by atoms with Gasteiger partial charge in [-0.05, 0) is 25.1 Å². The number of carbonyl (C=O) groups is 1. The maximum atomic E-state index is 12.0. The van der Waals surface area contributed by atoms with Crippen LogP contribution in [-0.4, -0.2) is 25.1 Å². The Kier molecular flexibility index (Phi) is 5.63. The fraction of sp³-hybridized carbons (Fsp3) is 0.333. The average Bonchev–Trinajstić information content (AvgIpc) is 2.92. The lowest BCUT2D eigenvalue weighted by Gasteiger charge is -2.17. The molecule has 0 aromatic carbocycles.